The van der Waals surface area contributed by atoms with Gasteiger partial charge in [-0.15, -0.1) is 0 Å². The Balaban J connectivity index is 2.41. The molecule has 0 aliphatic carbocycles. The maximum atomic E-state index is 11.2. The molecule has 1 aliphatic rings. The monoisotopic (exact) mass is 262 g/mol. The average Bonchev–Trinajstić information content (AvgIpc) is 2.27. The number of carbonyl (C=O) groups excluding carboxylic acids is 1. The van der Waals surface area contributed by atoms with E-state index < -0.39 is 0 Å². The van der Waals surface area contributed by atoms with Crippen LogP contribution in [-0.2, 0) is 4.79 Å². The number of aldehydes is 1. The van der Waals surface area contributed by atoms with Gasteiger partial charge in [-0.2, -0.15) is 0 Å². The van der Waals surface area contributed by atoms with Gasteiger partial charge >= 0.3 is 0 Å². The van der Waals surface area contributed by atoms with Crippen molar-refractivity contribution in [3.63, 3.8) is 0 Å². The third kappa shape index (κ3) is 2.52. The largest absolute Gasteiger partial charge is 0.303 e. The van der Waals surface area contributed by atoms with Gasteiger partial charge in [0, 0.05) is 5.92 Å². The van der Waals surface area contributed by atoms with Crippen LogP contribution in [0, 0.1) is 5.92 Å². The second kappa shape index (κ2) is 4.78. The van der Waals surface area contributed by atoms with Crippen LogP contribution in [-0.4, -0.2) is 16.6 Å². The lowest BCUT2D eigenvalue weighted by Gasteiger charge is -2.51. The third-order valence-corrected chi connectivity index (χ3v) is 7.54. The molecule has 0 saturated carbocycles. The van der Waals surface area contributed by atoms with Crippen molar-refractivity contribution in [3.05, 3.63) is 30.3 Å². The first kappa shape index (κ1) is 13.7. The molecule has 1 fully saturated rings. The van der Waals surface area contributed by atoms with Crippen molar-refractivity contribution in [2.75, 3.05) is 0 Å². The summed E-state index contributed by atoms with van der Waals surface area (Å²) in [5.41, 5.74) is 0. The molecule has 1 aliphatic heterocycles. The Hall–Kier alpha value is -0.680. The van der Waals surface area contributed by atoms with Gasteiger partial charge < -0.3 is 4.79 Å². The van der Waals surface area contributed by atoms with Crippen LogP contribution in [0.2, 0.25) is 0 Å². The Bertz CT molecular complexity index is 404. The first-order valence-electron chi connectivity index (χ1n) is 6.67. The molecule has 1 nitrogen and oxygen atoms in total. The molecule has 2 heteroatoms. The van der Waals surface area contributed by atoms with Gasteiger partial charge in [-0.1, -0.05) is 65.9 Å². The van der Waals surface area contributed by atoms with Gasteiger partial charge in [0.05, 0.1) is 0 Å². The van der Waals surface area contributed by atoms with Crippen LogP contribution in [0.1, 0.15) is 40.5 Å². The second-order valence-corrected chi connectivity index (χ2v) is 10.2. The van der Waals surface area contributed by atoms with Crippen LogP contribution < -0.4 is 5.30 Å². The molecule has 0 radical (unpaired) electrons. The third-order valence-electron chi connectivity index (χ3n) is 3.94. The highest BCUT2D eigenvalue weighted by Crippen LogP contribution is 2.65. The summed E-state index contributed by atoms with van der Waals surface area (Å²) in [5.74, 6) is 0.234. The van der Waals surface area contributed by atoms with E-state index in [1.165, 1.54) is 11.6 Å². The maximum absolute atomic E-state index is 11.2. The van der Waals surface area contributed by atoms with E-state index in [0.29, 0.717) is 0 Å². The topological polar surface area (TPSA) is 17.1 Å². The van der Waals surface area contributed by atoms with Gasteiger partial charge in [0.1, 0.15) is 6.29 Å². The second-order valence-electron chi connectivity index (χ2n) is 6.60. The molecular formula is C16H23OP. The molecule has 1 saturated heterocycles. The molecule has 1 heterocycles. The highest BCUT2D eigenvalue weighted by atomic mass is 31.1. The lowest BCUT2D eigenvalue weighted by Crippen LogP contribution is -2.43. The molecule has 0 bridgehead atoms. The highest BCUT2D eigenvalue weighted by molar-refractivity contribution is 7.68. The van der Waals surface area contributed by atoms with Crippen molar-refractivity contribution >= 4 is 19.5 Å². The molecule has 18 heavy (non-hydrogen) atoms. The van der Waals surface area contributed by atoms with E-state index in [1.54, 1.807) is 0 Å². The number of carbonyl (C=O) groups is 1. The zero-order chi connectivity index (χ0) is 13.4. The summed E-state index contributed by atoms with van der Waals surface area (Å²) in [4.78, 5) is 11.2. The van der Waals surface area contributed by atoms with E-state index in [-0.39, 0.29) is 24.2 Å². The fourth-order valence-corrected chi connectivity index (χ4v) is 8.07. The predicted molar refractivity (Wildman–Crippen MR) is 79.9 cm³/mol. The Kier molecular flexibility index (Phi) is 3.65. The summed E-state index contributed by atoms with van der Waals surface area (Å²) in [7, 11) is -0.245. The van der Waals surface area contributed by atoms with E-state index in [1.807, 2.05) is 0 Å². The van der Waals surface area contributed by atoms with Gasteiger partial charge in [-0.05, 0) is 28.5 Å². The van der Waals surface area contributed by atoms with Crippen LogP contribution in [0.3, 0.4) is 0 Å². The summed E-state index contributed by atoms with van der Waals surface area (Å²) in [6.45, 7) is 9.35. The SMILES string of the molecule is CC1(C)CC(C=O)CC(C)(C)P1c1ccccc1. The Morgan fingerprint density at radius 1 is 1.06 bits per heavy atom. The Labute approximate surface area is 112 Å². The highest BCUT2D eigenvalue weighted by Gasteiger charge is 2.47. The maximum Gasteiger partial charge on any atom is 0.123 e. The number of benzene rings is 1. The molecule has 98 valence electrons. The summed E-state index contributed by atoms with van der Waals surface area (Å²) in [6, 6.07) is 10.9. The van der Waals surface area contributed by atoms with E-state index in [4.69, 9.17) is 0 Å². The van der Waals surface area contributed by atoms with Crippen LogP contribution in [0.4, 0.5) is 0 Å². The predicted octanol–water partition coefficient (Wildman–Crippen LogP) is 3.96. The average molecular weight is 262 g/mol. The van der Waals surface area contributed by atoms with Crippen LogP contribution in [0.5, 0.6) is 0 Å². The van der Waals surface area contributed by atoms with E-state index in [9.17, 15) is 4.79 Å². The fraction of sp³-hybridized carbons (Fsp3) is 0.562. The van der Waals surface area contributed by atoms with E-state index in [0.717, 1.165) is 12.8 Å². The van der Waals surface area contributed by atoms with Crippen LogP contribution in [0.15, 0.2) is 30.3 Å². The van der Waals surface area contributed by atoms with Gasteiger partial charge in [0.25, 0.3) is 0 Å². The van der Waals surface area contributed by atoms with Crippen LogP contribution >= 0.6 is 7.92 Å². The summed E-state index contributed by atoms with van der Waals surface area (Å²) >= 11 is 0. The van der Waals surface area contributed by atoms with Crippen molar-refractivity contribution in [1.82, 2.24) is 0 Å². The fourth-order valence-electron chi connectivity index (χ4n) is 3.73. The zero-order valence-corrected chi connectivity index (χ0v) is 12.7. The lowest BCUT2D eigenvalue weighted by atomic mass is 9.88. The quantitative estimate of drug-likeness (QED) is 0.582. The molecule has 0 atom stereocenters. The summed E-state index contributed by atoms with van der Waals surface area (Å²) in [5, 5.41) is 1.96. The number of hydrogen-bond acceptors (Lipinski definition) is 1. The summed E-state index contributed by atoms with van der Waals surface area (Å²) < 4.78 is 0. The molecule has 0 N–H and O–H groups in total. The molecule has 0 aromatic heterocycles. The van der Waals surface area contributed by atoms with Crippen LogP contribution in [0.25, 0.3) is 0 Å². The number of hydrogen-bond donors (Lipinski definition) is 0. The minimum atomic E-state index is -0.245. The van der Waals surface area contributed by atoms with Crippen molar-refractivity contribution in [1.29, 1.82) is 0 Å². The first-order valence-corrected chi connectivity index (χ1v) is 8.02. The lowest BCUT2D eigenvalue weighted by molar-refractivity contribution is -0.112. The molecule has 0 spiro atoms. The molecule has 0 unspecified atom stereocenters. The molecule has 1 aromatic rings. The van der Waals surface area contributed by atoms with Gasteiger partial charge in [-0.25, -0.2) is 0 Å². The molecular weight excluding hydrogens is 239 g/mol. The normalized spacial score (nSPS) is 29.8. The molecule has 0 amide bonds. The van der Waals surface area contributed by atoms with Crippen molar-refractivity contribution in [2.24, 2.45) is 5.92 Å². The van der Waals surface area contributed by atoms with Gasteiger partial charge in [0.15, 0.2) is 0 Å². The van der Waals surface area contributed by atoms with Crippen molar-refractivity contribution in [3.8, 4) is 0 Å². The zero-order valence-electron chi connectivity index (χ0n) is 11.8. The number of rotatable bonds is 2. The minimum absolute atomic E-state index is 0.234. The summed E-state index contributed by atoms with van der Waals surface area (Å²) in [6.07, 6.45) is 3.22. The molecule has 1 aromatic carbocycles. The standard InChI is InChI=1S/C16H23OP/c1-15(2)10-13(12-17)11-16(3,4)18(15)14-8-6-5-7-9-14/h5-9,12-13H,10-11H2,1-4H3. The smallest absolute Gasteiger partial charge is 0.123 e. The van der Waals surface area contributed by atoms with Gasteiger partial charge in [-0.3, -0.25) is 0 Å². The van der Waals surface area contributed by atoms with Crippen molar-refractivity contribution in [2.45, 2.75) is 50.8 Å². The van der Waals surface area contributed by atoms with E-state index in [2.05, 4.69) is 58.0 Å². The Morgan fingerprint density at radius 3 is 2.00 bits per heavy atom. The Morgan fingerprint density at radius 2 is 1.56 bits per heavy atom. The first-order chi connectivity index (χ1) is 8.37. The van der Waals surface area contributed by atoms with Gasteiger partial charge in [0.2, 0.25) is 0 Å². The van der Waals surface area contributed by atoms with Crippen molar-refractivity contribution < 1.29 is 4.79 Å². The molecule has 2 rings (SSSR count). The van der Waals surface area contributed by atoms with E-state index >= 15 is 0 Å². The minimum Gasteiger partial charge on any atom is -0.303 e.